The molecule has 0 aromatic rings. The van der Waals surface area contributed by atoms with Crippen LogP contribution in [0.15, 0.2) is 12.2 Å². The maximum Gasteiger partial charge on any atom is 0.246 e. The maximum atomic E-state index is 15.8. The number of hydrogen-bond donors (Lipinski definition) is 3. The van der Waals surface area contributed by atoms with Crippen molar-refractivity contribution in [2.24, 2.45) is 47.3 Å². The van der Waals surface area contributed by atoms with Gasteiger partial charge >= 0.3 is 0 Å². The highest BCUT2D eigenvalue weighted by atomic mass is 28.4. The monoisotopic (exact) mass is 1340 g/mol. The average Bonchev–Trinajstić information content (AvgIpc) is 0.816. The van der Waals surface area contributed by atoms with E-state index in [2.05, 4.69) is 49.8 Å². The summed E-state index contributed by atoms with van der Waals surface area (Å²) in [6.07, 6.45) is 3.92. The summed E-state index contributed by atoms with van der Waals surface area (Å²) in [6, 6.07) is -11.8. The predicted octanol–water partition coefficient (Wildman–Crippen LogP) is 8.17. The molecule has 22 nitrogen and oxygen atoms in total. The summed E-state index contributed by atoms with van der Waals surface area (Å²) in [4.78, 5) is 174. The molecule has 3 N–H and O–H groups in total. The Bertz CT molecular complexity index is 2600. The van der Waals surface area contributed by atoms with Crippen LogP contribution in [0.4, 0.5) is 0 Å². The van der Waals surface area contributed by atoms with Crippen molar-refractivity contribution in [2.75, 3.05) is 49.3 Å². The molecule has 94 heavy (non-hydrogen) atoms. The zero-order valence-electron chi connectivity index (χ0n) is 63.8. The SMILES string of the molecule is C/C=C/C[C@@H](C)[C@@H](O[Si](C)(C)C(C)(C)C)[C@@H]1C(=O)N[C@H](CC)C(=O)N(C)[C@H](CC)C(=O)N(C)[C@@H](CC(C)C)C(=O)N[C@H](C(C)C)C(=O)N(C)[C@H](CC(C)C)C(=O)N[C@H](C)C(=O)C[C@@H](C)C(=O)N(C)[C@H](CC(C)C)C(=O)N(C)[C@H](CC(C)C)C(=O)N(C)[C@H](C(C)C)C(=O)N1C. The van der Waals surface area contributed by atoms with Crippen LogP contribution in [-0.2, 0) is 57.2 Å². The Balaban J connectivity index is 4.65. The van der Waals surface area contributed by atoms with E-state index in [0.29, 0.717) is 6.42 Å². The van der Waals surface area contributed by atoms with Gasteiger partial charge < -0.3 is 54.7 Å². The van der Waals surface area contributed by atoms with Gasteiger partial charge in [-0.2, -0.15) is 0 Å². The molecular weight excluding hydrogens is 1210 g/mol. The van der Waals surface area contributed by atoms with Crippen molar-refractivity contribution in [2.45, 2.75) is 281 Å². The lowest BCUT2D eigenvalue weighted by atomic mass is 9.91. The zero-order valence-corrected chi connectivity index (χ0v) is 64.8. The molecule has 0 radical (unpaired) electrons. The molecule has 0 unspecified atom stereocenters. The number of amides is 10. The lowest BCUT2D eigenvalue weighted by molar-refractivity contribution is -0.157. The molecule has 1 aliphatic heterocycles. The standard InChI is InChI=1S/C71H130N10O12Si/c1-31-34-35-47(16)60(93-94(29,30)71(19,20)21)59-63(85)73-50(32-2)65(87)75(22)51(33-3)66(88)76(23)53(37-42(6)7)62(84)74-57(45(12)13)69(91)77(24)52(36-41(4)5)61(83)72-49(18)56(82)40-48(17)64(86)78(25)54(38-43(8)9)67(89)79(26)55(39-44(10)11)68(90)80(27)58(46(14)15)70(92)81(59)28/h31,34,41-55,57-60H,32-33,35-40H2,1-30H3,(H,72,83)(H,73,85)(H,74,84)/b34-31+/t47-,48-,49-,50-,51-,52-,53+,54-,55-,57-,58-,59-,60-/m1/s1. The molecule has 13 atom stereocenters. The van der Waals surface area contributed by atoms with Gasteiger partial charge in [0, 0.05) is 61.7 Å². The third kappa shape index (κ3) is 23.3. The van der Waals surface area contributed by atoms with Crippen LogP contribution >= 0.6 is 0 Å². The first-order chi connectivity index (χ1) is 43.1. The maximum absolute atomic E-state index is 15.8. The number of nitrogens with zero attached hydrogens (tertiary/aromatic N) is 7. The molecule has 23 heteroatoms. The largest absolute Gasteiger partial charge is 0.411 e. The van der Waals surface area contributed by atoms with Crippen molar-refractivity contribution in [1.82, 2.24) is 50.2 Å². The fraction of sp³-hybridized carbons (Fsp3) is 0.817. The summed E-state index contributed by atoms with van der Waals surface area (Å²) in [6.45, 7) is 43.0. The number of rotatable bonds is 18. The molecule has 1 rings (SSSR count). The van der Waals surface area contributed by atoms with E-state index in [0.717, 1.165) is 0 Å². The van der Waals surface area contributed by atoms with Crippen LogP contribution in [0.1, 0.15) is 197 Å². The van der Waals surface area contributed by atoms with E-state index in [-0.39, 0.29) is 73.7 Å². The highest BCUT2D eigenvalue weighted by Crippen LogP contribution is 2.40. The number of Topliss-reactive ketones (excluding diaryl/α,β-unsaturated/α-hetero) is 1. The fourth-order valence-electron chi connectivity index (χ4n) is 12.2. The minimum atomic E-state index is -2.81. The van der Waals surface area contributed by atoms with Crippen molar-refractivity contribution in [3.8, 4) is 0 Å². The molecular formula is C71H130N10O12Si. The molecule has 10 amide bonds. The molecule has 1 heterocycles. The third-order valence-electron chi connectivity index (χ3n) is 19.3. The zero-order chi connectivity index (χ0) is 73.3. The number of likely N-dealkylation sites (N-methyl/N-ethyl adjacent to an activating group) is 7. The predicted molar refractivity (Wildman–Crippen MR) is 375 cm³/mol. The number of carbonyl (C=O) groups is 11. The van der Waals surface area contributed by atoms with Crippen LogP contribution in [0, 0.1) is 47.3 Å². The molecule has 0 saturated carbocycles. The Morgan fingerprint density at radius 3 is 1.29 bits per heavy atom. The second-order valence-corrected chi connectivity index (χ2v) is 35.7. The van der Waals surface area contributed by atoms with Crippen LogP contribution in [0.25, 0.3) is 0 Å². The van der Waals surface area contributed by atoms with Crippen molar-refractivity contribution >= 4 is 73.2 Å². The number of hydrogen-bond acceptors (Lipinski definition) is 12. The molecule has 0 aliphatic carbocycles. The highest BCUT2D eigenvalue weighted by molar-refractivity contribution is 6.74. The van der Waals surface area contributed by atoms with Crippen molar-refractivity contribution in [3.05, 3.63) is 12.2 Å². The summed E-state index contributed by atoms with van der Waals surface area (Å²) in [5.41, 5.74) is 0. The summed E-state index contributed by atoms with van der Waals surface area (Å²) in [5.74, 6) is -9.36. The topological polar surface area (TPSA) is 256 Å². The van der Waals surface area contributed by atoms with E-state index < -0.39 is 163 Å². The molecule has 0 bridgehead atoms. The van der Waals surface area contributed by atoms with Gasteiger partial charge in [0.2, 0.25) is 59.1 Å². The minimum Gasteiger partial charge on any atom is -0.411 e. The van der Waals surface area contributed by atoms with Crippen LogP contribution in [0.5, 0.6) is 0 Å². The van der Waals surface area contributed by atoms with Crippen molar-refractivity contribution < 1.29 is 57.2 Å². The van der Waals surface area contributed by atoms with Gasteiger partial charge in [0.1, 0.15) is 54.4 Å². The normalized spacial score (nSPS) is 26.7. The smallest absolute Gasteiger partial charge is 0.246 e. The molecule has 1 aliphatic rings. The van der Waals surface area contributed by atoms with E-state index in [4.69, 9.17) is 4.43 Å². The summed E-state index contributed by atoms with van der Waals surface area (Å²) >= 11 is 0. The van der Waals surface area contributed by atoms with Gasteiger partial charge in [-0.15, -0.1) is 0 Å². The number of nitrogens with one attached hydrogen (secondary N) is 3. The van der Waals surface area contributed by atoms with E-state index in [1.807, 2.05) is 81.4 Å². The second-order valence-electron chi connectivity index (χ2n) is 30.9. The summed E-state index contributed by atoms with van der Waals surface area (Å²) in [5, 5.41) is 8.37. The first-order valence-corrected chi connectivity index (χ1v) is 37.6. The number of ketones is 1. The van der Waals surface area contributed by atoms with Gasteiger partial charge in [-0.25, -0.2) is 0 Å². The van der Waals surface area contributed by atoms with Gasteiger partial charge in [-0.05, 0) is 118 Å². The lowest BCUT2D eigenvalue weighted by Crippen LogP contribution is -2.65. The first-order valence-electron chi connectivity index (χ1n) is 34.7. The molecule has 1 saturated heterocycles. The molecule has 0 aromatic carbocycles. The van der Waals surface area contributed by atoms with Gasteiger partial charge in [0.05, 0.1) is 12.1 Å². The van der Waals surface area contributed by atoms with E-state index in [1.54, 1.807) is 48.5 Å². The molecule has 540 valence electrons. The number of carbonyl (C=O) groups excluding carboxylic acids is 11. The van der Waals surface area contributed by atoms with Crippen LogP contribution in [0.3, 0.4) is 0 Å². The van der Waals surface area contributed by atoms with Crippen molar-refractivity contribution in [1.29, 1.82) is 0 Å². The van der Waals surface area contributed by atoms with Gasteiger partial charge in [-0.3, -0.25) is 52.7 Å². The van der Waals surface area contributed by atoms with Crippen LogP contribution < -0.4 is 16.0 Å². The lowest BCUT2D eigenvalue weighted by Gasteiger charge is -2.46. The number of allylic oxidation sites excluding steroid dienone is 2. The Morgan fingerprint density at radius 1 is 0.479 bits per heavy atom. The van der Waals surface area contributed by atoms with E-state index in [1.165, 1.54) is 90.6 Å². The summed E-state index contributed by atoms with van der Waals surface area (Å²) < 4.78 is 7.30. The first kappa shape index (κ1) is 86.3. The van der Waals surface area contributed by atoms with Crippen LogP contribution in [-0.4, -0.2) is 223 Å². The van der Waals surface area contributed by atoms with Gasteiger partial charge in [-0.1, -0.05) is 144 Å². The van der Waals surface area contributed by atoms with E-state index >= 15 is 28.8 Å². The minimum absolute atomic E-state index is 0.0618. The Labute approximate surface area is 568 Å². The molecule has 1 fully saturated rings. The molecule has 0 spiro atoms. The average molecular weight is 1340 g/mol. The molecule has 0 aromatic heterocycles. The summed E-state index contributed by atoms with van der Waals surface area (Å²) in [7, 11) is 7.66. The van der Waals surface area contributed by atoms with E-state index in [9.17, 15) is 24.0 Å². The Morgan fingerprint density at radius 2 is 0.872 bits per heavy atom. The third-order valence-corrected chi connectivity index (χ3v) is 23.7. The highest BCUT2D eigenvalue weighted by Gasteiger charge is 2.50. The van der Waals surface area contributed by atoms with Gasteiger partial charge in [0.25, 0.3) is 0 Å². The van der Waals surface area contributed by atoms with Gasteiger partial charge in [0.15, 0.2) is 14.1 Å². The Hall–Kier alpha value is -5.71. The quantitative estimate of drug-likeness (QED) is 0.0868. The van der Waals surface area contributed by atoms with Crippen LogP contribution in [0.2, 0.25) is 18.1 Å². The Kier molecular flexibility index (Phi) is 34.6. The van der Waals surface area contributed by atoms with Crippen molar-refractivity contribution in [3.63, 3.8) is 0 Å². The fourth-order valence-corrected chi connectivity index (χ4v) is 13.5. The second kappa shape index (κ2) is 37.7.